The normalized spacial score (nSPS) is 12.8. The van der Waals surface area contributed by atoms with Gasteiger partial charge in [0, 0.05) is 22.4 Å². The lowest BCUT2D eigenvalue weighted by atomic mass is 9.79. The molecule has 2 aromatic heterocycles. The van der Waals surface area contributed by atoms with Crippen molar-refractivity contribution in [2.45, 2.75) is 37.9 Å². The van der Waals surface area contributed by atoms with Gasteiger partial charge in [-0.1, -0.05) is 24.6 Å². The maximum atomic E-state index is 5.59. The molecule has 1 atom stereocenters. The fourth-order valence-electron chi connectivity index (χ4n) is 3.90. The van der Waals surface area contributed by atoms with Crippen molar-refractivity contribution in [3.05, 3.63) is 59.4 Å². The molecule has 0 saturated carbocycles. The fourth-order valence-corrected chi connectivity index (χ4v) is 4.52. The SMILES string of the molecule is COc1cc(C(C)(C)Cc2cc3cc(C(C)SS)cc(OC)c3nn2)cc2ccnnc12. The van der Waals surface area contributed by atoms with E-state index in [4.69, 9.17) is 9.47 Å². The summed E-state index contributed by atoms with van der Waals surface area (Å²) in [5.41, 5.74) is 4.52. The van der Waals surface area contributed by atoms with Crippen LogP contribution in [0.3, 0.4) is 0 Å². The Morgan fingerprint density at radius 2 is 1.66 bits per heavy atom. The van der Waals surface area contributed by atoms with Gasteiger partial charge in [0.2, 0.25) is 0 Å². The van der Waals surface area contributed by atoms with Gasteiger partial charge in [0.25, 0.3) is 0 Å². The summed E-state index contributed by atoms with van der Waals surface area (Å²) >= 11 is 4.37. The zero-order valence-corrected chi connectivity index (χ0v) is 20.5. The van der Waals surface area contributed by atoms with Gasteiger partial charge in [-0.15, -0.1) is 21.9 Å². The number of ether oxygens (including phenoxy) is 2. The van der Waals surface area contributed by atoms with Crippen LogP contribution in [0.2, 0.25) is 0 Å². The molecule has 0 amide bonds. The molecule has 6 nitrogen and oxygen atoms in total. The maximum absolute atomic E-state index is 5.59. The van der Waals surface area contributed by atoms with Crippen LogP contribution in [-0.4, -0.2) is 34.6 Å². The quantitative estimate of drug-likeness (QED) is 0.275. The zero-order valence-electron chi connectivity index (χ0n) is 18.8. The van der Waals surface area contributed by atoms with Gasteiger partial charge in [-0.2, -0.15) is 10.2 Å². The van der Waals surface area contributed by atoms with Crippen LogP contribution in [0.1, 0.15) is 42.8 Å². The third-order valence-corrected chi connectivity index (χ3v) is 7.32. The highest BCUT2D eigenvalue weighted by atomic mass is 33.1. The van der Waals surface area contributed by atoms with Crippen LogP contribution in [0.25, 0.3) is 21.8 Å². The van der Waals surface area contributed by atoms with Crippen molar-refractivity contribution in [2.75, 3.05) is 14.2 Å². The summed E-state index contributed by atoms with van der Waals surface area (Å²) in [6.45, 7) is 6.52. The van der Waals surface area contributed by atoms with Gasteiger partial charge in [-0.05, 0) is 59.9 Å². The van der Waals surface area contributed by atoms with Gasteiger partial charge < -0.3 is 9.47 Å². The van der Waals surface area contributed by atoms with Crippen molar-refractivity contribution in [2.24, 2.45) is 0 Å². The summed E-state index contributed by atoms with van der Waals surface area (Å²) < 4.78 is 11.2. The summed E-state index contributed by atoms with van der Waals surface area (Å²) in [5, 5.41) is 19.5. The van der Waals surface area contributed by atoms with Gasteiger partial charge in [0.1, 0.15) is 22.5 Å². The standard InChI is InChI=1S/C24H26N4O2S2/c1-14(32-31)16-8-17-10-19(26-28-23(17)20(11-16)29-4)13-24(2,3)18-9-15-6-7-25-27-22(15)21(12-18)30-5/h6-12,14,31H,13H2,1-5H3. The van der Waals surface area contributed by atoms with Crippen LogP contribution in [0.15, 0.2) is 42.6 Å². The van der Waals surface area contributed by atoms with E-state index in [1.807, 2.05) is 18.2 Å². The summed E-state index contributed by atoms with van der Waals surface area (Å²) in [6, 6.07) is 12.4. The Balaban J connectivity index is 1.74. The monoisotopic (exact) mass is 466 g/mol. The molecule has 166 valence electrons. The maximum Gasteiger partial charge on any atom is 0.147 e. The second kappa shape index (κ2) is 9.11. The van der Waals surface area contributed by atoms with E-state index in [2.05, 4.69) is 71.0 Å². The molecule has 0 aliphatic heterocycles. The molecule has 4 rings (SSSR count). The molecule has 0 aliphatic carbocycles. The average Bonchev–Trinajstić information content (AvgIpc) is 2.81. The van der Waals surface area contributed by atoms with Crippen LogP contribution in [-0.2, 0) is 11.8 Å². The lowest BCUT2D eigenvalue weighted by molar-refractivity contribution is 0.415. The second-order valence-corrected chi connectivity index (χ2v) is 10.0. The highest BCUT2D eigenvalue weighted by Crippen LogP contribution is 2.37. The predicted octanol–water partition coefficient (Wildman–Crippen LogP) is 5.75. The van der Waals surface area contributed by atoms with Crippen molar-refractivity contribution < 1.29 is 9.47 Å². The molecule has 4 aromatic rings. The lowest BCUT2D eigenvalue weighted by Crippen LogP contribution is -2.21. The third-order valence-electron chi connectivity index (χ3n) is 5.78. The number of hydrogen-bond acceptors (Lipinski definition) is 8. The number of rotatable bonds is 7. The first-order chi connectivity index (χ1) is 15.4. The summed E-state index contributed by atoms with van der Waals surface area (Å²) in [7, 11) is 4.82. The van der Waals surface area contributed by atoms with Crippen molar-refractivity contribution in [1.82, 2.24) is 20.4 Å². The van der Waals surface area contributed by atoms with Gasteiger partial charge >= 0.3 is 0 Å². The minimum atomic E-state index is -0.205. The molecule has 0 spiro atoms. The van der Waals surface area contributed by atoms with E-state index in [1.165, 1.54) is 10.8 Å². The number of methoxy groups -OCH3 is 2. The molecule has 0 aliphatic rings. The van der Waals surface area contributed by atoms with Crippen molar-refractivity contribution in [3.8, 4) is 11.5 Å². The van der Waals surface area contributed by atoms with E-state index in [0.29, 0.717) is 6.42 Å². The lowest BCUT2D eigenvalue weighted by Gasteiger charge is -2.26. The van der Waals surface area contributed by atoms with Crippen LogP contribution in [0, 0.1) is 0 Å². The van der Waals surface area contributed by atoms with Crippen molar-refractivity contribution in [1.29, 1.82) is 0 Å². The van der Waals surface area contributed by atoms with Crippen LogP contribution in [0.5, 0.6) is 11.5 Å². The summed E-state index contributed by atoms with van der Waals surface area (Å²) in [4.78, 5) is 0. The minimum absolute atomic E-state index is 0.205. The van der Waals surface area contributed by atoms with E-state index in [1.54, 1.807) is 20.4 Å². The van der Waals surface area contributed by atoms with Crippen molar-refractivity contribution >= 4 is 44.3 Å². The topological polar surface area (TPSA) is 70.0 Å². The summed E-state index contributed by atoms with van der Waals surface area (Å²) in [6.07, 6.45) is 2.41. The summed E-state index contributed by atoms with van der Waals surface area (Å²) in [5.74, 6) is 1.45. The van der Waals surface area contributed by atoms with Crippen LogP contribution >= 0.6 is 22.5 Å². The molecule has 0 saturated heterocycles. The Labute approximate surface area is 196 Å². The Kier molecular flexibility index (Phi) is 6.44. The second-order valence-electron chi connectivity index (χ2n) is 8.45. The molecule has 0 N–H and O–H groups in total. The predicted molar refractivity (Wildman–Crippen MR) is 134 cm³/mol. The van der Waals surface area contributed by atoms with E-state index >= 15 is 0 Å². The Hall–Kier alpha value is -2.58. The van der Waals surface area contributed by atoms with Crippen LogP contribution in [0.4, 0.5) is 0 Å². The number of thiol groups is 1. The smallest absolute Gasteiger partial charge is 0.147 e. The molecule has 1 unspecified atom stereocenters. The number of aromatic nitrogens is 4. The Bertz CT molecular complexity index is 1280. The van der Waals surface area contributed by atoms with Gasteiger partial charge in [0.15, 0.2) is 0 Å². The van der Waals surface area contributed by atoms with Crippen molar-refractivity contribution in [3.63, 3.8) is 0 Å². The van der Waals surface area contributed by atoms with Crippen LogP contribution < -0.4 is 9.47 Å². The fraction of sp³-hybridized carbons (Fsp3) is 0.333. The molecule has 32 heavy (non-hydrogen) atoms. The highest BCUT2D eigenvalue weighted by molar-refractivity contribution is 8.68. The number of hydrogen-bond donors (Lipinski definition) is 1. The largest absolute Gasteiger partial charge is 0.494 e. The molecule has 2 heterocycles. The molecular formula is C24H26N4O2S2. The average molecular weight is 467 g/mol. The first-order valence-electron chi connectivity index (χ1n) is 10.3. The van der Waals surface area contributed by atoms with E-state index in [-0.39, 0.29) is 10.7 Å². The van der Waals surface area contributed by atoms with Gasteiger partial charge in [-0.25, -0.2) is 0 Å². The van der Waals surface area contributed by atoms with E-state index in [0.717, 1.165) is 50.1 Å². The molecule has 2 aromatic carbocycles. The molecule has 0 radical (unpaired) electrons. The third kappa shape index (κ3) is 4.34. The Morgan fingerprint density at radius 3 is 2.38 bits per heavy atom. The molecule has 0 fully saturated rings. The van der Waals surface area contributed by atoms with Gasteiger partial charge in [0.05, 0.1) is 26.1 Å². The van der Waals surface area contributed by atoms with E-state index in [9.17, 15) is 0 Å². The first-order valence-corrected chi connectivity index (χ1v) is 12.2. The number of nitrogens with zero attached hydrogens (tertiary/aromatic N) is 4. The first kappa shape index (κ1) is 22.6. The zero-order chi connectivity index (χ0) is 22.9. The molecule has 0 bridgehead atoms. The number of fused-ring (bicyclic) bond motifs is 2. The molecular weight excluding hydrogens is 440 g/mol. The molecule has 8 heteroatoms. The van der Waals surface area contributed by atoms with Gasteiger partial charge in [-0.3, -0.25) is 0 Å². The number of benzene rings is 2. The highest BCUT2D eigenvalue weighted by Gasteiger charge is 2.25. The van der Waals surface area contributed by atoms with E-state index < -0.39 is 0 Å². The Morgan fingerprint density at radius 1 is 0.938 bits per heavy atom. The minimum Gasteiger partial charge on any atom is -0.494 e.